The molecule has 0 aromatic rings. The van der Waals surface area contributed by atoms with Crippen LogP contribution in [0.5, 0.6) is 0 Å². The zero-order chi connectivity index (χ0) is 10.6. The maximum absolute atomic E-state index is 11.2. The summed E-state index contributed by atoms with van der Waals surface area (Å²) in [5, 5.41) is 0. The highest BCUT2D eigenvalue weighted by molar-refractivity contribution is 5.94. The van der Waals surface area contributed by atoms with E-state index in [4.69, 9.17) is 9.47 Å². The van der Waals surface area contributed by atoms with E-state index in [-0.39, 0.29) is 6.42 Å². The van der Waals surface area contributed by atoms with Gasteiger partial charge in [0, 0.05) is 13.2 Å². The van der Waals surface area contributed by atoms with Gasteiger partial charge < -0.3 is 14.2 Å². The largest absolute Gasteiger partial charge is 0.393 e. The van der Waals surface area contributed by atoms with Crippen molar-refractivity contribution >= 4 is 11.9 Å². The van der Waals surface area contributed by atoms with Crippen LogP contribution in [-0.4, -0.2) is 31.4 Å². The molecular weight excluding hydrogens is 188 g/mol. The van der Waals surface area contributed by atoms with Crippen LogP contribution in [0.1, 0.15) is 20.3 Å². The molecule has 0 saturated carbocycles. The van der Waals surface area contributed by atoms with Crippen molar-refractivity contribution in [2.24, 2.45) is 5.92 Å². The van der Waals surface area contributed by atoms with Gasteiger partial charge in [0.05, 0.1) is 6.42 Å². The third-order valence-electron chi connectivity index (χ3n) is 1.89. The van der Waals surface area contributed by atoms with Gasteiger partial charge >= 0.3 is 11.9 Å². The third kappa shape index (κ3) is 2.52. The van der Waals surface area contributed by atoms with E-state index in [0.29, 0.717) is 13.2 Å². The monoisotopic (exact) mass is 202 g/mol. The van der Waals surface area contributed by atoms with Gasteiger partial charge in [-0.05, 0) is 13.8 Å². The Labute approximate surface area is 82.3 Å². The van der Waals surface area contributed by atoms with E-state index in [1.165, 1.54) is 0 Å². The average Bonchev–Trinajstić information content (AvgIpc) is 2.45. The Bertz CT molecular complexity index is 219. The van der Waals surface area contributed by atoms with Crippen molar-refractivity contribution in [1.29, 1.82) is 0 Å². The van der Waals surface area contributed by atoms with Crippen LogP contribution in [-0.2, 0) is 23.8 Å². The van der Waals surface area contributed by atoms with Gasteiger partial charge in [-0.15, -0.1) is 0 Å². The molecule has 0 bridgehead atoms. The summed E-state index contributed by atoms with van der Waals surface area (Å²) in [5.41, 5.74) is 0. The third-order valence-corrected chi connectivity index (χ3v) is 1.89. The molecule has 5 heteroatoms. The molecule has 1 heterocycles. The Morgan fingerprint density at radius 1 is 1.36 bits per heavy atom. The Kier molecular flexibility index (Phi) is 4.03. The van der Waals surface area contributed by atoms with Gasteiger partial charge in [0.25, 0.3) is 0 Å². The Morgan fingerprint density at radius 2 is 1.93 bits per heavy atom. The fraction of sp³-hybridized carbons (Fsp3) is 0.778. The summed E-state index contributed by atoms with van der Waals surface area (Å²) >= 11 is 0. The smallest absolute Gasteiger partial charge is 0.322 e. The first kappa shape index (κ1) is 11.1. The Morgan fingerprint density at radius 3 is 2.29 bits per heavy atom. The van der Waals surface area contributed by atoms with Crippen LogP contribution in [0.3, 0.4) is 0 Å². The molecule has 0 aromatic carbocycles. The topological polar surface area (TPSA) is 61.8 Å². The van der Waals surface area contributed by atoms with Crippen molar-refractivity contribution < 1.29 is 23.8 Å². The summed E-state index contributed by atoms with van der Waals surface area (Å²) in [4.78, 5) is 22.0. The van der Waals surface area contributed by atoms with E-state index in [1.54, 1.807) is 13.8 Å². The van der Waals surface area contributed by atoms with Crippen molar-refractivity contribution in [2.45, 2.75) is 26.6 Å². The molecule has 1 fully saturated rings. The zero-order valence-corrected chi connectivity index (χ0v) is 8.32. The van der Waals surface area contributed by atoms with Gasteiger partial charge in [-0.25, -0.2) is 0 Å². The van der Waals surface area contributed by atoms with Crippen LogP contribution >= 0.6 is 0 Å². The fourth-order valence-electron chi connectivity index (χ4n) is 1.31. The molecule has 5 nitrogen and oxygen atoms in total. The van der Waals surface area contributed by atoms with Gasteiger partial charge in [0.2, 0.25) is 0 Å². The number of carbonyl (C=O) groups is 2. The molecule has 1 aliphatic heterocycles. The molecule has 1 saturated heterocycles. The lowest BCUT2D eigenvalue weighted by Gasteiger charge is -2.19. The maximum Gasteiger partial charge on any atom is 0.322 e. The number of rotatable bonds is 5. The summed E-state index contributed by atoms with van der Waals surface area (Å²) in [6.45, 7) is 4.47. The molecule has 14 heavy (non-hydrogen) atoms. The van der Waals surface area contributed by atoms with Crippen molar-refractivity contribution in [3.63, 3.8) is 0 Å². The summed E-state index contributed by atoms with van der Waals surface area (Å²) in [6.07, 6.45) is -0.618. The maximum atomic E-state index is 11.2. The van der Waals surface area contributed by atoms with Gasteiger partial charge in [-0.1, -0.05) is 0 Å². The van der Waals surface area contributed by atoms with Crippen LogP contribution in [0.4, 0.5) is 0 Å². The molecule has 0 spiro atoms. The first-order valence-electron chi connectivity index (χ1n) is 4.66. The number of esters is 2. The predicted octanol–water partition coefficient (Wildman–Crippen LogP) is 0.475. The highest BCUT2D eigenvalue weighted by Crippen LogP contribution is 2.22. The number of cyclic esters (lactones) is 2. The van der Waals surface area contributed by atoms with Crippen molar-refractivity contribution in [1.82, 2.24) is 0 Å². The van der Waals surface area contributed by atoms with Crippen LogP contribution in [0, 0.1) is 5.92 Å². The van der Waals surface area contributed by atoms with E-state index in [9.17, 15) is 9.59 Å². The standard InChI is InChI=1S/C9H14O5/c1-3-12-9(13-4-2)6-5-7(10)14-8(6)11/h6,9H,3-5H2,1-2H3. The molecule has 0 radical (unpaired) electrons. The first-order chi connectivity index (χ1) is 6.69. The van der Waals surface area contributed by atoms with E-state index in [2.05, 4.69) is 4.74 Å². The SMILES string of the molecule is CCOC(OCC)C1CC(=O)OC1=O. The molecule has 0 N–H and O–H groups in total. The summed E-state index contributed by atoms with van der Waals surface area (Å²) in [7, 11) is 0. The number of hydrogen-bond donors (Lipinski definition) is 0. The second kappa shape index (κ2) is 5.07. The molecule has 80 valence electrons. The quantitative estimate of drug-likeness (QED) is 0.368. The Hall–Kier alpha value is -0.940. The van der Waals surface area contributed by atoms with Crippen LogP contribution < -0.4 is 0 Å². The lowest BCUT2D eigenvalue weighted by atomic mass is 10.1. The molecule has 1 rings (SSSR count). The fourth-order valence-corrected chi connectivity index (χ4v) is 1.31. The van der Waals surface area contributed by atoms with E-state index in [0.717, 1.165) is 0 Å². The highest BCUT2D eigenvalue weighted by Gasteiger charge is 2.40. The minimum absolute atomic E-state index is 0.0451. The number of ether oxygens (including phenoxy) is 3. The van der Waals surface area contributed by atoms with Crippen molar-refractivity contribution in [2.75, 3.05) is 13.2 Å². The first-order valence-corrected chi connectivity index (χ1v) is 4.66. The van der Waals surface area contributed by atoms with Crippen LogP contribution in [0.2, 0.25) is 0 Å². The van der Waals surface area contributed by atoms with Crippen molar-refractivity contribution in [3.05, 3.63) is 0 Å². The molecule has 1 aliphatic rings. The summed E-state index contributed by atoms with van der Waals surface area (Å²) < 4.78 is 14.8. The molecule has 0 aliphatic carbocycles. The van der Waals surface area contributed by atoms with E-state index >= 15 is 0 Å². The molecule has 0 aromatic heterocycles. The second-order valence-electron chi connectivity index (χ2n) is 2.88. The van der Waals surface area contributed by atoms with E-state index < -0.39 is 24.1 Å². The summed E-state index contributed by atoms with van der Waals surface area (Å²) in [6, 6.07) is 0. The average molecular weight is 202 g/mol. The van der Waals surface area contributed by atoms with Crippen LogP contribution in [0.25, 0.3) is 0 Å². The Balaban J connectivity index is 2.58. The summed E-state index contributed by atoms with van der Waals surface area (Å²) in [5.74, 6) is -1.67. The zero-order valence-electron chi connectivity index (χ0n) is 8.32. The van der Waals surface area contributed by atoms with Gasteiger partial charge in [-0.3, -0.25) is 9.59 Å². The number of carbonyl (C=O) groups excluding carboxylic acids is 2. The lowest BCUT2D eigenvalue weighted by molar-refractivity contribution is -0.178. The van der Waals surface area contributed by atoms with Gasteiger partial charge in [0.1, 0.15) is 5.92 Å². The number of hydrogen-bond acceptors (Lipinski definition) is 5. The van der Waals surface area contributed by atoms with Gasteiger partial charge in [0.15, 0.2) is 6.29 Å². The van der Waals surface area contributed by atoms with Gasteiger partial charge in [-0.2, -0.15) is 0 Å². The highest BCUT2D eigenvalue weighted by atomic mass is 16.7. The van der Waals surface area contributed by atoms with Crippen molar-refractivity contribution in [3.8, 4) is 0 Å². The lowest BCUT2D eigenvalue weighted by Crippen LogP contribution is -2.30. The molecular formula is C9H14O5. The van der Waals surface area contributed by atoms with E-state index in [1.807, 2.05) is 0 Å². The molecule has 0 amide bonds. The minimum Gasteiger partial charge on any atom is -0.393 e. The molecule has 1 unspecified atom stereocenters. The molecule has 1 atom stereocenters. The van der Waals surface area contributed by atoms with Crippen LogP contribution in [0.15, 0.2) is 0 Å². The normalized spacial score (nSPS) is 21.8. The second-order valence-corrected chi connectivity index (χ2v) is 2.88. The minimum atomic E-state index is -0.663. The predicted molar refractivity (Wildman–Crippen MR) is 46.2 cm³/mol.